The van der Waals surface area contributed by atoms with Crippen LogP contribution in [0.1, 0.15) is 45.4 Å². The molecule has 2 rings (SSSR count). The van der Waals surface area contributed by atoms with Gasteiger partial charge in [0.1, 0.15) is 0 Å². The molecule has 94 valence electrons. The number of likely N-dealkylation sites (N-methyl/N-ethyl adjacent to an activating group) is 1. The van der Waals surface area contributed by atoms with Gasteiger partial charge in [0.05, 0.1) is 5.60 Å². The molecule has 0 aromatic heterocycles. The summed E-state index contributed by atoms with van der Waals surface area (Å²) in [5.74, 6) is 0. The minimum atomic E-state index is -0.374. The van der Waals surface area contributed by atoms with Gasteiger partial charge in [-0.25, -0.2) is 0 Å². The Kier molecular flexibility index (Phi) is 4.22. The average Bonchev–Trinajstić information content (AvgIpc) is 2.74. The van der Waals surface area contributed by atoms with E-state index < -0.39 is 0 Å². The predicted octanol–water partition coefficient (Wildman–Crippen LogP) is 1.37. The predicted molar refractivity (Wildman–Crippen MR) is 66.6 cm³/mol. The van der Waals surface area contributed by atoms with Gasteiger partial charge in [-0.1, -0.05) is 19.8 Å². The van der Waals surface area contributed by atoms with E-state index in [9.17, 15) is 5.11 Å². The van der Waals surface area contributed by atoms with Gasteiger partial charge >= 0.3 is 0 Å². The summed E-state index contributed by atoms with van der Waals surface area (Å²) in [4.78, 5) is 2.51. The second kappa shape index (κ2) is 5.48. The van der Waals surface area contributed by atoms with Gasteiger partial charge < -0.3 is 10.4 Å². The van der Waals surface area contributed by atoms with E-state index in [0.29, 0.717) is 6.04 Å². The van der Waals surface area contributed by atoms with Crippen molar-refractivity contribution in [2.24, 2.45) is 0 Å². The third-order valence-electron chi connectivity index (χ3n) is 4.26. The van der Waals surface area contributed by atoms with Crippen LogP contribution in [0, 0.1) is 0 Å². The third kappa shape index (κ3) is 2.96. The van der Waals surface area contributed by atoms with E-state index in [1.165, 1.54) is 25.7 Å². The van der Waals surface area contributed by atoms with Crippen molar-refractivity contribution in [3.63, 3.8) is 0 Å². The first-order valence-corrected chi connectivity index (χ1v) is 6.91. The normalized spacial score (nSPS) is 26.4. The van der Waals surface area contributed by atoms with Crippen molar-refractivity contribution in [3.05, 3.63) is 0 Å². The molecule has 0 aromatic rings. The van der Waals surface area contributed by atoms with E-state index in [0.717, 1.165) is 39.0 Å². The summed E-state index contributed by atoms with van der Waals surface area (Å²) in [6.45, 7) is 6.47. The first kappa shape index (κ1) is 12.3. The highest BCUT2D eigenvalue weighted by Gasteiger charge is 2.34. The van der Waals surface area contributed by atoms with Gasteiger partial charge in [-0.05, 0) is 45.3 Å². The molecule has 16 heavy (non-hydrogen) atoms. The van der Waals surface area contributed by atoms with Crippen molar-refractivity contribution in [1.29, 1.82) is 0 Å². The number of hydrogen-bond donors (Lipinski definition) is 2. The zero-order chi connectivity index (χ0) is 11.4. The summed E-state index contributed by atoms with van der Waals surface area (Å²) in [5, 5.41) is 13.9. The topological polar surface area (TPSA) is 35.5 Å². The van der Waals surface area contributed by atoms with Crippen molar-refractivity contribution in [2.75, 3.05) is 26.2 Å². The number of aliphatic hydroxyl groups is 1. The van der Waals surface area contributed by atoms with Crippen molar-refractivity contribution in [2.45, 2.75) is 57.1 Å². The fourth-order valence-electron chi connectivity index (χ4n) is 3.24. The van der Waals surface area contributed by atoms with Crippen LogP contribution in [0.3, 0.4) is 0 Å². The van der Waals surface area contributed by atoms with E-state index in [-0.39, 0.29) is 5.60 Å². The fraction of sp³-hybridized carbons (Fsp3) is 1.00. The zero-order valence-electron chi connectivity index (χ0n) is 10.5. The van der Waals surface area contributed by atoms with Gasteiger partial charge in [0.25, 0.3) is 0 Å². The minimum Gasteiger partial charge on any atom is -0.389 e. The smallest absolute Gasteiger partial charge is 0.0774 e. The average molecular weight is 226 g/mol. The van der Waals surface area contributed by atoms with Crippen molar-refractivity contribution in [3.8, 4) is 0 Å². The summed E-state index contributed by atoms with van der Waals surface area (Å²) < 4.78 is 0. The van der Waals surface area contributed by atoms with E-state index in [1.807, 2.05) is 0 Å². The van der Waals surface area contributed by atoms with E-state index in [4.69, 9.17) is 0 Å². The quantitative estimate of drug-likeness (QED) is 0.760. The second-order valence-corrected chi connectivity index (χ2v) is 5.48. The Labute approximate surface area is 99.2 Å². The summed E-state index contributed by atoms with van der Waals surface area (Å²) in [6.07, 6.45) is 6.91. The lowest BCUT2D eigenvalue weighted by molar-refractivity contribution is -0.00596. The maximum absolute atomic E-state index is 10.5. The third-order valence-corrected chi connectivity index (χ3v) is 4.26. The molecule has 2 aliphatic rings. The molecular formula is C13H26N2O. The van der Waals surface area contributed by atoms with Crippen LogP contribution in [0.15, 0.2) is 0 Å². The van der Waals surface area contributed by atoms with Crippen LogP contribution in [0.5, 0.6) is 0 Å². The van der Waals surface area contributed by atoms with Crippen LogP contribution < -0.4 is 5.32 Å². The van der Waals surface area contributed by atoms with Crippen LogP contribution in [0.4, 0.5) is 0 Å². The molecule has 0 spiro atoms. The SMILES string of the molecule is CCN(CC1(O)CCCC1)C1CCNCC1. The summed E-state index contributed by atoms with van der Waals surface area (Å²) in [7, 11) is 0. The first-order valence-electron chi connectivity index (χ1n) is 6.91. The van der Waals surface area contributed by atoms with Crippen LogP contribution in [0.25, 0.3) is 0 Å². The molecule has 0 amide bonds. The molecule has 1 saturated carbocycles. The van der Waals surface area contributed by atoms with E-state index in [2.05, 4.69) is 17.1 Å². The van der Waals surface area contributed by atoms with Crippen LogP contribution in [-0.2, 0) is 0 Å². The van der Waals surface area contributed by atoms with E-state index >= 15 is 0 Å². The number of nitrogens with one attached hydrogen (secondary N) is 1. The highest BCUT2D eigenvalue weighted by Crippen LogP contribution is 2.31. The standard InChI is InChI=1S/C13H26N2O/c1-2-15(12-5-9-14-10-6-12)11-13(16)7-3-4-8-13/h12,14,16H,2-11H2,1H3. The molecule has 1 aliphatic carbocycles. The van der Waals surface area contributed by atoms with Gasteiger partial charge in [0, 0.05) is 12.6 Å². The lowest BCUT2D eigenvalue weighted by atomic mass is 9.98. The largest absolute Gasteiger partial charge is 0.389 e. The van der Waals surface area contributed by atoms with Gasteiger partial charge in [0.2, 0.25) is 0 Å². The molecule has 0 atom stereocenters. The molecule has 3 nitrogen and oxygen atoms in total. The Bertz CT molecular complexity index is 208. The van der Waals surface area contributed by atoms with Crippen molar-refractivity contribution >= 4 is 0 Å². The Hall–Kier alpha value is -0.120. The Morgan fingerprint density at radius 2 is 1.88 bits per heavy atom. The molecule has 1 aliphatic heterocycles. The highest BCUT2D eigenvalue weighted by atomic mass is 16.3. The Morgan fingerprint density at radius 1 is 1.25 bits per heavy atom. The number of hydrogen-bond acceptors (Lipinski definition) is 3. The molecule has 3 heteroatoms. The molecular weight excluding hydrogens is 200 g/mol. The summed E-state index contributed by atoms with van der Waals surface area (Å²) in [5.41, 5.74) is -0.374. The molecule has 2 N–H and O–H groups in total. The van der Waals surface area contributed by atoms with Gasteiger partial charge in [-0.15, -0.1) is 0 Å². The number of nitrogens with zero attached hydrogens (tertiary/aromatic N) is 1. The lowest BCUT2D eigenvalue weighted by Crippen LogP contribution is -2.49. The number of piperidine rings is 1. The molecule has 1 heterocycles. The maximum atomic E-state index is 10.5. The van der Waals surface area contributed by atoms with Crippen molar-refractivity contribution < 1.29 is 5.11 Å². The van der Waals surface area contributed by atoms with Gasteiger partial charge in [-0.3, -0.25) is 4.90 Å². The first-order chi connectivity index (χ1) is 7.73. The zero-order valence-corrected chi connectivity index (χ0v) is 10.5. The molecule has 0 unspecified atom stereocenters. The van der Waals surface area contributed by atoms with Gasteiger partial charge in [-0.2, -0.15) is 0 Å². The number of rotatable bonds is 4. The van der Waals surface area contributed by atoms with Crippen LogP contribution in [-0.4, -0.2) is 47.8 Å². The summed E-state index contributed by atoms with van der Waals surface area (Å²) >= 11 is 0. The summed E-state index contributed by atoms with van der Waals surface area (Å²) in [6, 6.07) is 0.691. The van der Waals surface area contributed by atoms with Gasteiger partial charge in [0.15, 0.2) is 0 Å². The van der Waals surface area contributed by atoms with Crippen LogP contribution >= 0.6 is 0 Å². The molecule has 0 aromatic carbocycles. The van der Waals surface area contributed by atoms with E-state index in [1.54, 1.807) is 0 Å². The fourth-order valence-corrected chi connectivity index (χ4v) is 3.24. The monoisotopic (exact) mass is 226 g/mol. The van der Waals surface area contributed by atoms with Crippen LogP contribution in [0.2, 0.25) is 0 Å². The maximum Gasteiger partial charge on any atom is 0.0774 e. The second-order valence-electron chi connectivity index (χ2n) is 5.48. The molecule has 1 saturated heterocycles. The highest BCUT2D eigenvalue weighted by molar-refractivity contribution is 4.89. The molecule has 0 radical (unpaired) electrons. The Balaban J connectivity index is 1.88. The molecule has 2 fully saturated rings. The van der Waals surface area contributed by atoms with Crippen molar-refractivity contribution in [1.82, 2.24) is 10.2 Å². The molecule has 0 bridgehead atoms. The lowest BCUT2D eigenvalue weighted by Gasteiger charge is -2.38. The minimum absolute atomic E-state index is 0.374. The Morgan fingerprint density at radius 3 is 2.44 bits per heavy atom.